The van der Waals surface area contributed by atoms with E-state index in [0.717, 1.165) is 6.07 Å². The van der Waals surface area contributed by atoms with Gasteiger partial charge in [-0.1, -0.05) is 0 Å². The van der Waals surface area contributed by atoms with Crippen molar-refractivity contribution >= 4 is 21.7 Å². The Hall–Kier alpha value is -1.95. The fraction of sp³-hybridized carbons (Fsp3) is 0.143. The molecule has 0 aliphatic rings. The minimum atomic E-state index is -0.532. The molecule has 0 radical (unpaired) electrons. The Morgan fingerprint density at radius 3 is 2.80 bits per heavy atom. The van der Waals surface area contributed by atoms with Crippen molar-refractivity contribution in [3.05, 3.63) is 62.7 Å². The summed E-state index contributed by atoms with van der Waals surface area (Å²) in [6.45, 7) is -0.182. The average molecular weight is 340 g/mol. The van der Waals surface area contributed by atoms with Gasteiger partial charge in [-0.05, 0) is 40.2 Å². The molecule has 4 nitrogen and oxygen atoms in total. The lowest BCUT2D eigenvalue weighted by Crippen LogP contribution is -2.23. The van der Waals surface area contributed by atoms with Crippen LogP contribution >= 0.6 is 15.9 Å². The van der Waals surface area contributed by atoms with Crippen LogP contribution in [-0.2, 0) is 6.54 Å². The third-order valence-corrected chi connectivity index (χ3v) is 3.19. The highest BCUT2D eigenvalue weighted by atomic mass is 79.9. The Morgan fingerprint density at radius 2 is 2.10 bits per heavy atom. The van der Waals surface area contributed by atoms with Crippen LogP contribution in [-0.4, -0.2) is 17.5 Å². The maximum atomic E-state index is 13.2. The second-order valence-electron chi connectivity index (χ2n) is 4.08. The van der Waals surface area contributed by atoms with E-state index in [1.807, 2.05) is 0 Å². The van der Waals surface area contributed by atoms with Gasteiger partial charge in [0.1, 0.15) is 11.6 Å². The number of Topliss-reactive ketones (excluding diaryl/α,β-unsaturated/α-hetero) is 1. The van der Waals surface area contributed by atoms with E-state index >= 15 is 0 Å². The number of carbonyl (C=O) groups excluding carboxylic acids is 1. The fourth-order valence-corrected chi connectivity index (χ4v) is 2.14. The summed E-state index contributed by atoms with van der Waals surface area (Å²) in [5, 5.41) is 0. The minimum absolute atomic E-state index is 0.111. The van der Waals surface area contributed by atoms with Gasteiger partial charge in [0.2, 0.25) is 0 Å². The van der Waals surface area contributed by atoms with Crippen LogP contribution in [0.1, 0.15) is 10.4 Å². The number of ketones is 1. The van der Waals surface area contributed by atoms with Gasteiger partial charge in [0.25, 0.3) is 5.56 Å². The first kappa shape index (κ1) is 14.5. The second-order valence-corrected chi connectivity index (χ2v) is 5.00. The highest BCUT2D eigenvalue weighted by Gasteiger charge is 2.14. The number of benzene rings is 1. The van der Waals surface area contributed by atoms with Gasteiger partial charge in [0, 0.05) is 16.7 Å². The summed E-state index contributed by atoms with van der Waals surface area (Å²) in [6, 6.07) is 6.63. The van der Waals surface area contributed by atoms with E-state index in [9.17, 15) is 14.0 Å². The SMILES string of the molecule is COc1ccc(F)cc1C(=O)Cn1cc(Br)ccc1=O. The highest BCUT2D eigenvalue weighted by molar-refractivity contribution is 9.10. The summed E-state index contributed by atoms with van der Waals surface area (Å²) in [5.74, 6) is -0.656. The van der Waals surface area contributed by atoms with Crippen molar-refractivity contribution in [1.29, 1.82) is 0 Å². The summed E-state index contributed by atoms with van der Waals surface area (Å²) < 4.78 is 20.2. The molecule has 0 unspecified atom stereocenters. The Kier molecular flexibility index (Phi) is 4.34. The minimum Gasteiger partial charge on any atom is -0.496 e. The van der Waals surface area contributed by atoms with Gasteiger partial charge in [0.05, 0.1) is 19.2 Å². The van der Waals surface area contributed by atoms with Crippen molar-refractivity contribution in [2.24, 2.45) is 0 Å². The molecule has 0 atom stereocenters. The maximum Gasteiger partial charge on any atom is 0.251 e. The van der Waals surface area contributed by atoms with E-state index in [-0.39, 0.29) is 23.4 Å². The number of hydrogen-bond donors (Lipinski definition) is 0. The van der Waals surface area contributed by atoms with E-state index in [2.05, 4.69) is 15.9 Å². The number of methoxy groups -OCH3 is 1. The maximum absolute atomic E-state index is 13.2. The van der Waals surface area contributed by atoms with Gasteiger partial charge in [-0.3, -0.25) is 9.59 Å². The Balaban J connectivity index is 2.35. The summed E-state index contributed by atoms with van der Waals surface area (Å²) in [6.07, 6.45) is 1.51. The Bertz CT molecular complexity index is 712. The number of rotatable bonds is 4. The van der Waals surface area contributed by atoms with Crippen LogP contribution in [0, 0.1) is 5.82 Å². The summed E-state index contributed by atoms with van der Waals surface area (Å²) in [7, 11) is 1.40. The predicted molar refractivity (Wildman–Crippen MR) is 75.7 cm³/mol. The van der Waals surface area contributed by atoms with Gasteiger partial charge in [-0.25, -0.2) is 4.39 Å². The predicted octanol–water partition coefficient (Wildman–Crippen LogP) is 2.64. The first-order chi connectivity index (χ1) is 9.51. The molecule has 0 fully saturated rings. The number of halogens is 2. The average Bonchev–Trinajstić information content (AvgIpc) is 2.42. The molecule has 0 spiro atoms. The van der Waals surface area contributed by atoms with E-state index in [0.29, 0.717) is 4.47 Å². The number of hydrogen-bond acceptors (Lipinski definition) is 3. The number of carbonyl (C=O) groups is 1. The molecule has 1 heterocycles. The molecule has 0 bridgehead atoms. The summed E-state index contributed by atoms with van der Waals surface area (Å²) in [4.78, 5) is 23.8. The molecule has 0 saturated heterocycles. The van der Waals surface area contributed by atoms with Gasteiger partial charge in [-0.2, -0.15) is 0 Å². The standard InChI is InChI=1S/C14H11BrFNO3/c1-20-13-4-3-10(16)6-11(13)12(18)8-17-7-9(15)2-5-14(17)19/h2-7H,8H2,1H3. The topological polar surface area (TPSA) is 48.3 Å². The molecule has 1 aromatic heterocycles. The third-order valence-electron chi connectivity index (χ3n) is 2.72. The smallest absolute Gasteiger partial charge is 0.251 e. The zero-order valence-corrected chi connectivity index (χ0v) is 12.2. The molecule has 2 aromatic rings. The van der Waals surface area contributed by atoms with E-state index in [4.69, 9.17) is 4.74 Å². The van der Waals surface area contributed by atoms with Crippen LogP contribution in [0.15, 0.2) is 45.8 Å². The van der Waals surface area contributed by atoms with Crippen molar-refractivity contribution in [2.45, 2.75) is 6.54 Å². The van der Waals surface area contributed by atoms with Gasteiger partial charge >= 0.3 is 0 Å². The van der Waals surface area contributed by atoms with Crippen molar-refractivity contribution in [3.63, 3.8) is 0 Å². The highest BCUT2D eigenvalue weighted by Crippen LogP contribution is 2.20. The molecule has 0 N–H and O–H groups in total. The van der Waals surface area contributed by atoms with Crippen molar-refractivity contribution in [1.82, 2.24) is 4.57 Å². The lowest BCUT2D eigenvalue weighted by molar-refractivity contribution is 0.0967. The van der Waals surface area contributed by atoms with Gasteiger partial charge < -0.3 is 9.30 Å². The zero-order valence-electron chi connectivity index (χ0n) is 10.6. The van der Waals surface area contributed by atoms with Crippen LogP contribution in [0.2, 0.25) is 0 Å². The van der Waals surface area contributed by atoms with Crippen molar-refractivity contribution in [3.8, 4) is 5.75 Å². The largest absolute Gasteiger partial charge is 0.496 e. The quantitative estimate of drug-likeness (QED) is 0.804. The fourth-order valence-electron chi connectivity index (χ4n) is 1.76. The van der Waals surface area contributed by atoms with Crippen LogP contribution in [0.25, 0.3) is 0 Å². The third kappa shape index (κ3) is 3.14. The molecule has 6 heteroatoms. The number of nitrogens with zero attached hydrogens (tertiary/aromatic N) is 1. The summed E-state index contributed by atoms with van der Waals surface area (Å²) in [5.41, 5.74) is -0.198. The van der Waals surface area contributed by atoms with E-state index in [1.165, 1.54) is 36.1 Å². The van der Waals surface area contributed by atoms with Gasteiger partial charge in [-0.15, -0.1) is 0 Å². The van der Waals surface area contributed by atoms with Crippen molar-refractivity contribution in [2.75, 3.05) is 7.11 Å². The number of pyridine rings is 1. The van der Waals surface area contributed by atoms with E-state index < -0.39 is 11.6 Å². The molecule has 2 rings (SSSR count). The molecule has 0 aliphatic carbocycles. The molecular formula is C14H11BrFNO3. The summed E-state index contributed by atoms with van der Waals surface area (Å²) >= 11 is 3.23. The Morgan fingerprint density at radius 1 is 1.35 bits per heavy atom. The first-order valence-electron chi connectivity index (χ1n) is 5.74. The Labute approximate surface area is 122 Å². The number of ether oxygens (including phenoxy) is 1. The molecule has 1 aromatic carbocycles. The molecule has 0 aliphatic heterocycles. The van der Waals surface area contributed by atoms with Crippen molar-refractivity contribution < 1.29 is 13.9 Å². The lowest BCUT2D eigenvalue weighted by atomic mass is 10.1. The van der Waals surface area contributed by atoms with Gasteiger partial charge in [0.15, 0.2) is 5.78 Å². The second kappa shape index (κ2) is 6.00. The number of aromatic nitrogens is 1. The van der Waals surface area contributed by atoms with Crippen LogP contribution < -0.4 is 10.3 Å². The zero-order chi connectivity index (χ0) is 14.7. The molecule has 20 heavy (non-hydrogen) atoms. The van der Waals surface area contributed by atoms with Crippen LogP contribution in [0.5, 0.6) is 5.75 Å². The van der Waals surface area contributed by atoms with Crippen LogP contribution in [0.3, 0.4) is 0 Å². The molecule has 0 amide bonds. The monoisotopic (exact) mass is 339 g/mol. The molecule has 0 saturated carbocycles. The normalized spacial score (nSPS) is 10.3. The molecule has 104 valence electrons. The van der Waals surface area contributed by atoms with E-state index in [1.54, 1.807) is 6.07 Å². The lowest BCUT2D eigenvalue weighted by Gasteiger charge is -2.09. The van der Waals surface area contributed by atoms with Crippen LogP contribution in [0.4, 0.5) is 4.39 Å². The first-order valence-corrected chi connectivity index (χ1v) is 6.53. The molecular weight excluding hydrogens is 329 g/mol.